The van der Waals surface area contributed by atoms with E-state index < -0.39 is 0 Å². The Morgan fingerprint density at radius 2 is 1.66 bits per heavy atom. The van der Waals surface area contributed by atoms with E-state index in [1.807, 2.05) is 25.1 Å². The van der Waals surface area contributed by atoms with Crippen molar-refractivity contribution in [3.05, 3.63) is 94.8 Å². The summed E-state index contributed by atoms with van der Waals surface area (Å²) in [5.74, 6) is 0.938. The molecule has 4 rings (SSSR count). The van der Waals surface area contributed by atoms with Crippen LogP contribution in [0.1, 0.15) is 62.8 Å². The van der Waals surface area contributed by atoms with E-state index in [1.54, 1.807) is 0 Å². The van der Waals surface area contributed by atoms with Crippen molar-refractivity contribution in [2.75, 3.05) is 0 Å². The number of hydrogen-bond donors (Lipinski definition) is 1. The number of rotatable bonds is 4. The second kappa shape index (κ2) is 10.2. The third-order valence-electron chi connectivity index (χ3n) is 5.71. The van der Waals surface area contributed by atoms with Crippen molar-refractivity contribution in [3.8, 4) is 0 Å². The molecule has 0 aliphatic heterocycles. The molecule has 2 aliphatic carbocycles. The van der Waals surface area contributed by atoms with Gasteiger partial charge in [-0.1, -0.05) is 73.7 Å². The number of aliphatic hydroxyl groups is 1. The first kappa shape index (κ1) is 21.1. The highest BCUT2D eigenvalue weighted by Gasteiger charge is 2.10. The first-order chi connectivity index (χ1) is 14.0. The molecule has 0 fully saturated rings. The van der Waals surface area contributed by atoms with Gasteiger partial charge in [0, 0.05) is 12.1 Å². The predicted molar refractivity (Wildman–Crippen MR) is 124 cm³/mol. The fourth-order valence-electron chi connectivity index (χ4n) is 3.78. The van der Waals surface area contributed by atoms with Crippen molar-refractivity contribution in [2.24, 2.45) is 10.9 Å². The molecule has 2 aliphatic rings. The van der Waals surface area contributed by atoms with Crippen molar-refractivity contribution < 1.29 is 5.11 Å². The molecule has 152 valence electrons. The SMILES string of the molecule is CC(C/C(O)=C1\C=C/C(C)CCc2ccc(cc2)CC1)=N[C@@H](C)c1ccccc1. The molecule has 1 N–H and O–H groups in total. The van der Waals surface area contributed by atoms with Gasteiger partial charge in [0.15, 0.2) is 0 Å². The van der Waals surface area contributed by atoms with E-state index in [0.717, 1.165) is 37.0 Å². The van der Waals surface area contributed by atoms with E-state index in [2.05, 4.69) is 62.4 Å². The largest absolute Gasteiger partial charge is 0.512 e. The minimum absolute atomic E-state index is 0.0967. The van der Waals surface area contributed by atoms with Crippen molar-refractivity contribution in [1.29, 1.82) is 0 Å². The molecular formula is C27H33NO. The number of nitrogens with zero attached hydrogens (tertiary/aromatic N) is 1. The minimum Gasteiger partial charge on any atom is -0.512 e. The van der Waals surface area contributed by atoms with E-state index in [1.165, 1.54) is 16.7 Å². The van der Waals surface area contributed by atoms with Crippen LogP contribution in [0.25, 0.3) is 0 Å². The number of aliphatic imine (C=N–C) groups is 1. The maximum Gasteiger partial charge on any atom is 0.101 e. The molecule has 2 aromatic carbocycles. The zero-order valence-electron chi connectivity index (χ0n) is 17.9. The molecule has 2 bridgehead atoms. The van der Waals surface area contributed by atoms with E-state index in [-0.39, 0.29) is 6.04 Å². The summed E-state index contributed by atoms with van der Waals surface area (Å²) in [7, 11) is 0. The summed E-state index contributed by atoms with van der Waals surface area (Å²) in [4.78, 5) is 4.81. The number of benzene rings is 2. The Hall–Kier alpha value is -2.61. The summed E-state index contributed by atoms with van der Waals surface area (Å²) in [6, 6.07) is 19.4. The average molecular weight is 388 g/mol. The predicted octanol–water partition coefficient (Wildman–Crippen LogP) is 7.18. The van der Waals surface area contributed by atoms with Gasteiger partial charge >= 0.3 is 0 Å². The lowest BCUT2D eigenvalue weighted by Crippen LogP contribution is -2.03. The van der Waals surface area contributed by atoms with Crippen LogP contribution in [0.15, 0.2) is 83.1 Å². The Balaban J connectivity index is 1.77. The van der Waals surface area contributed by atoms with Crippen LogP contribution in [-0.2, 0) is 12.8 Å². The van der Waals surface area contributed by atoms with Gasteiger partial charge in [0.05, 0.1) is 6.04 Å². The summed E-state index contributed by atoms with van der Waals surface area (Å²) in [5, 5.41) is 10.9. The minimum atomic E-state index is 0.0967. The first-order valence-corrected chi connectivity index (χ1v) is 10.8. The number of hydrogen-bond acceptors (Lipinski definition) is 2. The Morgan fingerprint density at radius 3 is 2.34 bits per heavy atom. The fourth-order valence-corrected chi connectivity index (χ4v) is 3.78. The zero-order chi connectivity index (χ0) is 20.6. The van der Waals surface area contributed by atoms with Gasteiger partial charge in [-0.3, -0.25) is 4.99 Å². The van der Waals surface area contributed by atoms with Crippen LogP contribution in [0.5, 0.6) is 0 Å². The summed E-state index contributed by atoms with van der Waals surface area (Å²) in [5.41, 5.74) is 5.92. The van der Waals surface area contributed by atoms with E-state index >= 15 is 0 Å². The van der Waals surface area contributed by atoms with Crippen molar-refractivity contribution >= 4 is 5.71 Å². The number of aryl methyl sites for hydroxylation is 2. The second-order valence-corrected chi connectivity index (χ2v) is 8.29. The standard InChI is InChI=1S/C27H33NO/c1-20-9-11-23-12-14-24(15-13-23)16-18-26(17-10-20)27(29)19-21(2)28-22(3)25-7-5-4-6-8-25/h4-8,10,12-15,17,20,22,29H,9,11,16,18-19H2,1-3H3/b17-10-,27-26-,28-21?/t20?,22-/m0/s1. The third kappa shape index (κ3) is 6.45. The molecule has 0 heterocycles. The lowest BCUT2D eigenvalue weighted by Gasteiger charge is -2.13. The molecule has 2 nitrogen and oxygen atoms in total. The van der Waals surface area contributed by atoms with Crippen molar-refractivity contribution in [2.45, 2.75) is 58.9 Å². The molecule has 0 saturated carbocycles. The van der Waals surface area contributed by atoms with Gasteiger partial charge in [0.2, 0.25) is 0 Å². The van der Waals surface area contributed by atoms with E-state index in [9.17, 15) is 5.11 Å². The molecule has 0 saturated heterocycles. The van der Waals surface area contributed by atoms with Gasteiger partial charge in [-0.15, -0.1) is 0 Å². The average Bonchev–Trinajstić information content (AvgIpc) is 2.72. The lowest BCUT2D eigenvalue weighted by molar-refractivity contribution is 0.396. The van der Waals surface area contributed by atoms with Crippen molar-refractivity contribution in [3.63, 3.8) is 0 Å². The molecule has 29 heavy (non-hydrogen) atoms. The summed E-state index contributed by atoms with van der Waals surface area (Å²) in [6.07, 6.45) is 8.90. The zero-order valence-corrected chi connectivity index (χ0v) is 17.9. The molecule has 0 radical (unpaired) electrons. The molecular weight excluding hydrogens is 354 g/mol. The van der Waals surface area contributed by atoms with Gasteiger partial charge in [0.25, 0.3) is 0 Å². The maximum atomic E-state index is 10.9. The van der Waals surface area contributed by atoms with Crippen LogP contribution in [0.3, 0.4) is 0 Å². The Labute approximate surface area is 175 Å². The fraction of sp³-hybridized carbons (Fsp3) is 0.370. The van der Waals surface area contributed by atoms with Gasteiger partial charge < -0.3 is 5.11 Å². The van der Waals surface area contributed by atoms with Crippen LogP contribution in [0.4, 0.5) is 0 Å². The van der Waals surface area contributed by atoms with Crippen LogP contribution >= 0.6 is 0 Å². The van der Waals surface area contributed by atoms with Gasteiger partial charge in [-0.2, -0.15) is 0 Å². The number of fused-ring (bicyclic) bond motifs is 8. The quantitative estimate of drug-likeness (QED) is 0.437. The molecule has 2 atom stereocenters. The molecule has 0 spiro atoms. The Bertz CT molecular complexity index is 875. The molecule has 2 heteroatoms. The molecule has 0 amide bonds. The summed E-state index contributed by atoms with van der Waals surface area (Å²) >= 11 is 0. The summed E-state index contributed by atoms with van der Waals surface area (Å²) in [6.45, 7) is 6.36. The lowest BCUT2D eigenvalue weighted by atomic mass is 9.94. The maximum absolute atomic E-state index is 10.9. The number of allylic oxidation sites excluding steroid dienone is 4. The topological polar surface area (TPSA) is 32.6 Å². The van der Waals surface area contributed by atoms with Crippen LogP contribution in [0, 0.1) is 5.92 Å². The first-order valence-electron chi connectivity index (χ1n) is 10.8. The Kier molecular flexibility index (Phi) is 7.46. The monoisotopic (exact) mass is 387 g/mol. The van der Waals surface area contributed by atoms with Crippen LogP contribution in [-0.4, -0.2) is 10.8 Å². The molecule has 0 aromatic heterocycles. The van der Waals surface area contributed by atoms with Crippen molar-refractivity contribution in [1.82, 2.24) is 0 Å². The van der Waals surface area contributed by atoms with Gasteiger partial charge in [-0.05, 0) is 67.7 Å². The van der Waals surface area contributed by atoms with E-state index in [4.69, 9.17) is 4.99 Å². The highest BCUT2D eigenvalue weighted by atomic mass is 16.3. The smallest absolute Gasteiger partial charge is 0.101 e. The molecule has 1 unspecified atom stereocenters. The highest BCUT2D eigenvalue weighted by molar-refractivity contribution is 5.84. The van der Waals surface area contributed by atoms with Crippen LogP contribution in [0.2, 0.25) is 0 Å². The third-order valence-corrected chi connectivity index (χ3v) is 5.71. The van der Waals surface area contributed by atoms with E-state index in [0.29, 0.717) is 18.1 Å². The van der Waals surface area contributed by atoms with Crippen LogP contribution < -0.4 is 0 Å². The van der Waals surface area contributed by atoms with Gasteiger partial charge in [0.1, 0.15) is 5.76 Å². The normalized spacial score (nSPS) is 21.8. The summed E-state index contributed by atoms with van der Waals surface area (Å²) < 4.78 is 0. The molecule has 2 aromatic rings. The Morgan fingerprint density at radius 1 is 1.00 bits per heavy atom. The number of aliphatic hydroxyl groups excluding tert-OH is 1. The van der Waals surface area contributed by atoms with Gasteiger partial charge in [-0.25, -0.2) is 0 Å². The highest BCUT2D eigenvalue weighted by Crippen LogP contribution is 2.22. The second-order valence-electron chi connectivity index (χ2n) is 8.29.